The maximum Gasteiger partial charge on any atom is 0.252 e. The molecule has 0 saturated carbocycles. The second-order valence-electron chi connectivity index (χ2n) is 7.17. The van der Waals surface area contributed by atoms with Gasteiger partial charge in [0.2, 0.25) is 0 Å². The number of nitrogens with one attached hydrogen (secondary N) is 1. The van der Waals surface area contributed by atoms with Gasteiger partial charge < -0.3 is 10.1 Å². The van der Waals surface area contributed by atoms with Gasteiger partial charge in [-0.05, 0) is 73.5 Å². The Kier molecular flexibility index (Phi) is 8.55. The van der Waals surface area contributed by atoms with Crippen LogP contribution in [0.25, 0.3) is 11.6 Å². The molecule has 2 heterocycles. The smallest absolute Gasteiger partial charge is 0.252 e. The molecular formula is C25H27N3O2S. The van der Waals surface area contributed by atoms with Crippen LogP contribution in [0.3, 0.4) is 0 Å². The number of benzene rings is 1. The first-order chi connectivity index (χ1) is 15.2. The van der Waals surface area contributed by atoms with Gasteiger partial charge in [0.15, 0.2) is 0 Å². The summed E-state index contributed by atoms with van der Waals surface area (Å²) in [4.78, 5) is 13.9. The molecule has 0 bridgehead atoms. The van der Waals surface area contributed by atoms with Gasteiger partial charge in [0.05, 0.1) is 18.4 Å². The summed E-state index contributed by atoms with van der Waals surface area (Å²) in [6, 6.07) is 15.7. The van der Waals surface area contributed by atoms with Crippen LogP contribution in [0.5, 0.6) is 5.75 Å². The summed E-state index contributed by atoms with van der Waals surface area (Å²) in [5.74, 6) is 0.758. The molecule has 0 unspecified atom stereocenters. The Labute approximate surface area is 187 Å². The van der Waals surface area contributed by atoms with Crippen LogP contribution in [0, 0.1) is 0 Å². The molecule has 0 fully saturated rings. The molecule has 0 saturated heterocycles. The molecule has 3 aromatic rings. The summed E-state index contributed by atoms with van der Waals surface area (Å²) < 4.78 is 5.19. The highest BCUT2D eigenvalue weighted by molar-refractivity contribution is 7.11. The molecule has 0 radical (unpaired) electrons. The maximum absolute atomic E-state index is 13.0. The number of aromatic nitrogens is 2. The number of nitrogens with zero attached hydrogens (tertiary/aromatic N) is 2. The first kappa shape index (κ1) is 22.4. The molecule has 0 aliphatic heterocycles. The number of hydrogen-bond donors (Lipinski definition) is 1. The van der Waals surface area contributed by atoms with E-state index < -0.39 is 0 Å². The van der Waals surface area contributed by atoms with Gasteiger partial charge in [-0.3, -0.25) is 4.79 Å². The van der Waals surface area contributed by atoms with E-state index in [-0.39, 0.29) is 11.9 Å². The minimum Gasteiger partial charge on any atom is -0.497 e. The third kappa shape index (κ3) is 7.19. The Balaban J connectivity index is 1.60. The third-order valence-corrected chi connectivity index (χ3v) is 5.68. The summed E-state index contributed by atoms with van der Waals surface area (Å²) in [6.07, 6.45) is 10.1. The largest absolute Gasteiger partial charge is 0.497 e. The summed E-state index contributed by atoms with van der Waals surface area (Å²) in [6.45, 7) is 2.04. The predicted molar refractivity (Wildman–Crippen MR) is 127 cm³/mol. The van der Waals surface area contributed by atoms with Crippen molar-refractivity contribution in [3.63, 3.8) is 0 Å². The average Bonchev–Trinajstić information content (AvgIpc) is 3.32. The number of ether oxygens (including phenoxy) is 1. The molecule has 2 aromatic heterocycles. The van der Waals surface area contributed by atoms with E-state index in [1.807, 2.05) is 79.1 Å². The fraction of sp³-hybridized carbons (Fsp3) is 0.240. The highest BCUT2D eigenvalue weighted by atomic mass is 32.1. The second-order valence-corrected chi connectivity index (χ2v) is 8.12. The van der Waals surface area contributed by atoms with Crippen molar-refractivity contribution in [1.82, 2.24) is 15.5 Å². The Morgan fingerprint density at radius 2 is 2.03 bits per heavy atom. The van der Waals surface area contributed by atoms with Gasteiger partial charge in [0.25, 0.3) is 5.91 Å². The molecule has 1 amide bonds. The van der Waals surface area contributed by atoms with Crippen LogP contribution in [0.4, 0.5) is 0 Å². The fourth-order valence-corrected chi connectivity index (χ4v) is 3.85. The monoisotopic (exact) mass is 433 g/mol. The van der Waals surface area contributed by atoms with Crippen LogP contribution in [-0.2, 0) is 11.2 Å². The molecule has 160 valence electrons. The Morgan fingerprint density at radius 1 is 1.19 bits per heavy atom. The summed E-state index contributed by atoms with van der Waals surface area (Å²) in [5.41, 5.74) is 2.68. The van der Waals surface area contributed by atoms with Crippen LogP contribution >= 0.6 is 11.3 Å². The zero-order valence-electron chi connectivity index (χ0n) is 17.8. The molecule has 5 nitrogen and oxygen atoms in total. The van der Waals surface area contributed by atoms with E-state index in [1.54, 1.807) is 24.6 Å². The molecule has 3 rings (SSSR count). The van der Waals surface area contributed by atoms with Crippen molar-refractivity contribution in [2.45, 2.75) is 32.2 Å². The number of aryl methyl sites for hydroxylation is 1. The van der Waals surface area contributed by atoms with Crippen molar-refractivity contribution in [2.24, 2.45) is 0 Å². The maximum atomic E-state index is 13.0. The lowest BCUT2D eigenvalue weighted by molar-refractivity contribution is -0.116. The number of carbonyl (C=O) groups excluding carboxylic acids is 1. The van der Waals surface area contributed by atoms with E-state index in [0.29, 0.717) is 5.57 Å². The van der Waals surface area contributed by atoms with Gasteiger partial charge in [-0.25, -0.2) is 0 Å². The normalized spacial score (nSPS) is 12.6. The van der Waals surface area contributed by atoms with E-state index in [1.165, 1.54) is 0 Å². The lowest BCUT2D eigenvalue weighted by Crippen LogP contribution is -2.33. The van der Waals surface area contributed by atoms with Gasteiger partial charge in [-0.15, -0.1) is 11.3 Å². The highest BCUT2D eigenvalue weighted by Crippen LogP contribution is 2.21. The second kappa shape index (κ2) is 11.8. The number of hydrogen-bond acceptors (Lipinski definition) is 5. The number of allylic oxidation sites excluding steroid dienone is 2. The molecule has 31 heavy (non-hydrogen) atoms. The number of methoxy groups -OCH3 is 1. The number of amides is 1. The van der Waals surface area contributed by atoms with Crippen LogP contribution in [0.1, 0.15) is 35.9 Å². The fourth-order valence-electron chi connectivity index (χ4n) is 3.10. The van der Waals surface area contributed by atoms with Crippen molar-refractivity contribution in [3.05, 3.63) is 88.4 Å². The molecule has 0 spiro atoms. The minimum atomic E-state index is -0.0613. The number of thiophene rings is 1. The molecule has 0 aliphatic rings. The van der Waals surface area contributed by atoms with E-state index in [9.17, 15) is 4.79 Å². The molecule has 1 aromatic carbocycles. The Hall–Kier alpha value is -3.25. The van der Waals surface area contributed by atoms with E-state index in [0.717, 1.165) is 41.1 Å². The van der Waals surface area contributed by atoms with Gasteiger partial charge in [0.1, 0.15) is 5.75 Å². The first-order valence-electron chi connectivity index (χ1n) is 10.3. The lowest BCUT2D eigenvalue weighted by atomic mass is 10.1. The first-order valence-corrected chi connectivity index (χ1v) is 11.2. The van der Waals surface area contributed by atoms with Crippen LogP contribution in [0.2, 0.25) is 0 Å². The zero-order valence-corrected chi connectivity index (χ0v) is 18.6. The van der Waals surface area contributed by atoms with E-state index >= 15 is 0 Å². The van der Waals surface area contributed by atoms with E-state index in [2.05, 4.69) is 15.5 Å². The summed E-state index contributed by atoms with van der Waals surface area (Å²) in [5, 5.41) is 13.1. The SMILES string of the molecule is COc1ccc(C=CC=C(C(=O)N[C@H](C)CCCc2cccnn2)c2cccs2)cc1. The molecular weight excluding hydrogens is 406 g/mol. The summed E-state index contributed by atoms with van der Waals surface area (Å²) in [7, 11) is 1.65. The van der Waals surface area contributed by atoms with Gasteiger partial charge >= 0.3 is 0 Å². The average molecular weight is 434 g/mol. The quantitative estimate of drug-likeness (QED) is 0.354. The van der Waals surface area contributed by atoms with Crippen molar-refractivity contribution >= 4 is 28.9 Å². The zero-order chi connectivity index (χ0) is 21.9. The van der Waals surface area contributed by atoms with Crippen LogP contribution < -0.4 is 10.1 Å². The lowest BCUT2D eigenvalue weighted by Gasteiger charge is -2.15. The number of carbonyl (C=O) groups is 1. The number of rotatable bonds is 10. The standard InChI is InChI=1S/C25H27N3O2S/c1-19(7-3-9-21-10-5-17-26-28-21)27-25(29)23(24-12-6-18-31-24)11-4-8-20-13-15-22(30-2)16-14-20/h4-6,8,10-19H,3,7,9H2,1-2H3,(H,27,29)/t19-/m1/s1. The third-order valence-electron chi connectivity index (χ3n) is 4.77. The van der Waals surface area contributed by atoms with Crippen molar-refractivity contribution < 1.29 is 9.53 Å². The molecule has 6 heteroatoms. The van der Waals surface area contributed by atoms with Gasteiger partial charge in [-0.1, -0.05) is 30.4 Å². The van der Waals surface area contributed by atoms with Gasteiger partial charge in [-0.2, -0.15) is 10.2 Å². The van der Waals surface area contributed by atoms with Crippen molar-refractivity contribution in [2.75, 3.05) is 7.11 Å². The van der Waals surface area contributed by atoms with Crippen molar-refractivity contribution in [1.29, 1.82) is 0 Å². The van der Waals surface area contributed by atoms with Crippen LogP contribution in [-0.4, -0.2) is 29.3 Å². The molecule has 0 aliphatic carbocycles. The topological polar surface area (TPSA) is 64.1 Å². The Morgan fingerprint density at radius 3 is 2.71 bits per heavy atom. The molecule has 1 atom stereocenters. The summed E-state index contributed by atoms with van der Waals surface area (Å²) >= 11 is 1.56. The van der Waals surface area contributed by atoms with Crippen LogP contribution in [0.15, 0.2) is 72.3 Å². The highest BCUT2D eigenvalue weighted by Gasteiger charge is 2.15. The molecule has 1 N–H and O–H groups in total. The van der Waals surface area contributed by atoms with Crippen molar-refractivity contribution in [3.8, 4) is 5.75 Å². The predicted octanol–water partition coefficient (Wildman–Crippen LogP) is 5.17. The van der Waals surface area contributed by atoms with Gasteiger partial charge in [0, 0.05) is 17.1 Å². The minimum absolute atomic E-state index is 0.0613. The van der Waals surface area contributed by atoms with E-state index in [4.69, 9.17) is 4.74 Å². The Bertz CT molecular complexity index is 997.